The van der Waals surface area contributed by atoms with Crippen molar-refractivity contribution in [2.45, 2.75) is 64.1 Å². The first-order valence-electron chi connectivity index (χ1n) is 19.4. The van der Waals surface area contributed by atoms with Gasteiger partial charge in [-0.15, -0.1) is 0 Å². The topological polar surface area (TPSA) is 168 Å². The third-order valence-electron chi connectivity index (χ3n) is 11.1. The molecule has 4 amide bonds. The molecule has 4 aromatic carbocycles. The molecule has 8 rings (SSSR count). The van der Waals surface area contributed by atoms with E-state index in [-0.39, 0.29) is 32.5 Å². The van der Waals surface area contributed by atoms with E-state index >= 15 is 0 Å². The Hall–Kier alpha value is -6.31. The molecular weight excluding hydrogens is 809 g/mol. The SMILES string of the molecule is Cc1nccc(-c2ccc(CC(NC(=O)C3Cc4cc5c(cc4CN3C(=O)C3CNC(=O)N3)OC(c3ccc(OCc4ccc(Cl)c(Cl)c4)cc3)CO5)C(=O)O)cc2)c1C. The maximum absolute atomic E-state index is 14.1. The molecule has 1 fully saturated rings. The van der Waals surface area contributed by atoms with Crippen LogP contribution in [0.1, 0.15) is 45.2 Å². The van der Waals surface area contributed by atoms with Crippen LogP contribution in [0.3, 0.4) is 0 Å². The Bertz CT molecular complexity index is 2480. The normalized spacial score (nSPS) is 18.4. The zero-order valence-corrected chi connectivity index (χ0v) is 34.2. The minimum atomic E-state index is -1.28. The number of carboxylic acid groups (broad SMARTS) is 1. The number of hydrogen-bond acceptors (Lipinski definition) is 8. The van der Waals surface area contributed by atoms with Crippen LogP contribution in [0, 0.1) is 13.8 Å². The monoisotopic (exact) mass is 849 g/mol. The van der Waals surface area contributed by atoms with Gasteiger partial charge in [-0.3, -0.25) is 14.6 Å². The number of hydrogen-bond donors (Lipinski definition) is 4. The van der Waals surface area contributed by atoms with E-state index in [4.69, 9.17) is 37.4 Å². The van der Waals surface area contributed by atoms with Crippen molar-refractivity contribution in [3.05, 3.63) is 140 Å². The Labute approximate surface area is 355 Å². The molecule has 0 aliphatic carbocycles. The molecule has 5 aromatic rings. The number of rotatable bonds is 11. The van der Waals surface area contributed by atoms with Crippen molar-refractivity contribution < 1.29 is 38.5 Å². The number of nitrogens with one attached hydrogen (secondary N) is 3. The molecule has 308 valence electrons. The van der Waals surface area contributed by atoms with Gasteiger partial charge in [0, 0.05) is 37.8 Å². The first-order chi connectivity index (χ1) is 28.9. The summed E-state index contributed by atoms with van der Waals surface area (Å²) in [5.41, 5.74) is 7.90. The average molecular weight is 851 g/mol. The number of nitrogens with zero attached hydrogens (tertiary/aromatic N) is 2. The predicted octanol–water partition coefficient (Wildman–Crippen LogP) is 6.51. The van der Waals surface area contributed by atoms with E-state index in [1.807, 2.05) is 86.6 Å². The van der Waals surface area contributed by atoms with Crippen molar-refractivity contribution in [2.24, 2.45) is 0 Å². The molecule has 4 atom stereocenters. The zero-order valence-electron chi connectivity index (χ0n) is 32.7. The summed E-state index contributed by atoms with van der Waals surface area (Å²) in [6.45, 7) is 4.54. The van der Waals surface area contributed by atoms with Crippen LogP contribution < -0.4 is 30.2 Å². The van der Waals surface area contributed by atoms with Gasteiger partial charge in [-0.25, -0.2) is 9.59 Å². The summed E-state index contributed by atoms with van der Waals surface area (Å²) in [6, 6.07) is 22.2. The molecule has 0 spiro atoms. The summed E-state index contributed by atoms with van der Waals surface area (Å²) in [6.07, 6.45) is 1.41. The number of ether oxygens (including phenoxy) is 3. The van der Waals surface area contributed by atoms with E-state index < -0.39 is 48.0 Å². The molecular formula is C45H41Cl2N5O8. The number of pyridine rings is 1. The molecule has 3 aliphatic heterocycles. The lowest BCUT2D eigenvalue weighted by atomic mass is 9.91. The number of carbonyl (C=O) groups excluding carboxylic acids is 3. The first-order valence-corrected chi connectivity index (χ1v) is 20.2. The summed E-state index contributed by atoms with van der Waals surface area (Å²) >= 11 is 12.2. The van der Waals surface area contributed by atoms with Crippen LogP contribution in [0.4, 0.5) is 4.79 Å². The maximum Gasteiger partial charge on any atom is 0.326 e. The number of fused-ring (bicyclic) bond motifs is 2. The van der Waals surface area contributed by atoms with Crippen LogP contribution in [0.5, 0.6) is 17.2 Å². The number of aromatic nitrogens is 1. The fourth-order valence-electron chi connectivity index (χ4n) is 7.64. The number of urea groups is 1. The Kier molecular flexibility index (Phi) is 11.5. The van der Waals surface area contributed by atoms with Crippen LogP contribution in [0.15, 0.2) is 91.1 Å². The molecule has 0 bridgehead atoms. The largest absolute Gasteiger partial charge is 0.489 e. The van der Waals surface area contributed by atoms with Gasteiger partial charge in [-0.05, 0) is 101 Å². The number of amides is 4. The lowest BCUT2D eigenvalue weighted by Crippen LogP contribution is -2.58. The van der Waals surface area contributed by atoms with Crippen molar-refractivity contribution in [3.63, 3.8) is 0 Å². The van der Waals surface area contributed by atoms with Crippen molar-refractivity contribution in [1.29, 1.82) is 0 Å². The van der Waals surface area contributed by atoms with Gasteiger partial charge in [0.15, 0.2) is 17.6 Å². The second-order valence-electron chi connectivity index (χ2n) is 15.1. The van der Waals surface area contributed by atoms with Crippen LogP contribution in [-0.4, -0.2) is 70.1 Å². The predicted molar refractivity (Wildman–Crippen MR) is 223 cm³/mol. The van der Waals surface area contributed by atoms with Crippen LogP contribution in [-0.2, 0) is 40.4 Å². The zero-order chi connectivity index (χ0) is 42.1. The van der Waals surface area contributed by atoms with Gasteiger partial charge in [-0.2, -0.15) is 0 Å². The Morgan fingerprint density at radius 3 is 2.42 bits per heavy atom. The van der Waals surface area contributed by atoms with Gasteiger partial charge in [0.1, 0.15) is 37.1 Å². The molecule has 4 heterocycles. The fraction of sp³-hybridized carbons (Fsp3) is 0.267. The molecule has 3 aliphatic rings. The number of carbonyl (C=O) groups is 4. The minimum absolute atomic E-state index is 0.0118. The Morgan fingerprint density at radius 2 is 1.70 bits per heavy atom. The molecule has 13 nitrogen and oxygen atoms in total. The third-order valence-corrected chi connectivity index (χ3v) is 11.9. The lowest BCUT2D eigenvalue weighted by Gasteiger charge is -2.38. The Morgan fingerprint density at radius 1 is 0.950 bits per heavy atom. The van der Waals surface area contributed by atoms with E-state index in [9.17, 15) is 24.3 Å². The van der Waals surface area contributed by atoms with Crippen molar-refractivity contribution in [3.8, 4) is 28.4 Å². The molecule has 15 heteroatoms. The van der Waals surface area contributed by atoms with Gasteiger partial charge < -0.3 is 40.2 Å². The number of benzene rings is 4. The number of aryl methyl sites for hydroxylation is 1. The summed E-state index contributed by atoms with van der Waals surface area (Å²) in [7, 11) is 0. The molecule has 0 radical (unpaired) electrons. The van der Waals surface area contributed by atoms with E-state index in [2.05, 4.69) is 20.9 Å². The number of aliphatic carboxylic acids is 1. The second kappa shape index (κ2) is 17.1. The van der Waals surface area contributed by atoms with Crippen molar-refractivity contribution >= 4 is 47.0 Å². The van der Waals surface area contributed by atoms with Crippen LogP contribution >= 0.6 is 23.2 Å². The fourth-order valence-corrected chi connectivity index (χ4v) is 7.96. The highest BCUT2D eigenvalue weighted by molar-refractivity contribution is 6.42. The van der Waals surface area contributed by atoms with Gasteiger partial charge in [0.2, 0.25) is 11.8 Å². The Balaban J connectivity index is 0.973. The quantitative estimate of drug-likeness (QED) is 0.116. The highest BCUT2D eigenvalue weighted by atomic mass is 35.5. The third kappa shape index (κ3) is 8.68. The van der Waals surface area contributed by atoms with Crippen molar-refractivity contribution in [1.82, 2.24) is 25.8 Å². The van der Waals surface area contributed by atoms with Gasteiger partial charge in [-0.1, -0.05) is 65.7 Å². The molecule has 4 N–H and O–H groups in total. The van der Waals surface area contributed by atoms with E-state index in [1.54, 1.807) is 18.3 Å². The molecule has 4 unspecified atom stereocenters. The molecule has 1 saturated heterocycles. The molecule has 0 saturated carbocycles. The van der Waals surface area contributed by atoms with E-state index in [0.717, 1.165) is 44.6 Å². The van der Waals surface area contributed by atoms with Gasteiger partial charge in [0.25, 0.3) is 0 Å². The molecule has 1 aromatic heterocycles. The van der Waals surface area contributed by atoms with E-state index in [0.29, 0.717) is 39.5 Å². The minimum Gasteiger partial charge on any atom is -0.489 e. The average Bonchev–Trinajstić information content (AvgIpc) is 3.69. The van der Waals surface area contributed by atoms with E-state index in [1.165, 1.54) is 4.90 Å². The smallest absolute Gasteiger partial charge is 0.326 e. The van der Waals surface area contributed by atoms with Crippen LogP contribution in [0.25, 0.3) is 11.1 Å². The number of carboxylic acids is 1. The summed E-state index contributed by atoms with van der Waals surface area (Å²) in [4.78, 5) is 58.4. The summed E-state index contributed by atoms with van der Waals surface area (Å²) < 4.78 is 18.6. The molecule has 60 heavy (non-hydrogen) atoms. The highest BCUT2D eigenvalue weighted by Crippen LogP contribution is 2.41. The van der Waals surface area contributed by atoms with Gasteiger partial charge in [0.05, 0.1) is 10.0 Å². The summed E-state index contributed by atoms with van der Waals surface area (Å²) in [5.74, 6) is -0.698. The lowest BCUT2D eigenvalue weighted by molar-refractivity contribution is -0.146. The van der Waals surface area contributed by atoms with Crippen LogP contribution in [0.2, 0.25) is 10.0 Å². The van der Waals surface area contributed by atoms with Crippen molar-refractivity contribution in [2.75, 3.05) is 13.2 Å². The first kappa shape index (κ1) is 40.5. The highest BCUT2D eigenvalue weighted by Gasteiger charge is 2.41. The summed E-state index contributed by atoms with van der Waals surface area (Å²) in [5, 5.41) is 19.1. The maximum atomic E-state index is 14.1. The van der Waals surface area contributed by atoms with Gasteiger partial charge >= 0.3 is 12.0 Å². The second-order valence-corrected chi connectivity index (χ2v) is 15.9. The number of halogens is 2. The standard InChI is InChI=1S/C45H41Cl2N5O8/c1-24-25(2)48-14-13-33(24)28-6-3-26(4-7-28)16-36(44(55)56)50-42(53)38-17-30-18-39-40(19-31(30)21-52(38)43(54)37-20-49-45(57)51-37)60-41(23-59-39)29-8-10-32(11-9-29)58-22-27-5-12-34(46)35(47)15-27/h3-15,18-19,36-38,41H,16-17,20-23H2,1-2H3,(H,50,53)(H,55,56)(H2,49,51,57).